The van der Waals surface area contributed by atoms with Crippen LogP contribution in [0.2, 0.25) is 10.0 Å². The Balaban J connectivity index is 1.98. The average molecular weight is 276 g/mol. The summed E-state index contributed by atoms with van der Waals surface area (Å²) >= 11 is 11.8. The van der Waals surface area contributed by atoms with Gasteiger partial charge >= 0.3 is 0 Å². The zero-order valence-corrected chi connectivity index (χ0v) is 10.9. The Labute approximate surface area is 111 Å². The molecule has 0 bridgehead atoms. The van der Waals surface area contributed by atoms with Crippen LogP contribution < -0.4 is 5.32 Å². The number of hydrogen-bond acceptors (Lipinski definition) is 3. The van der Waals surface area contributed by atoms with E-state index in [0.29, 0.717) is 22.6 Å². The van der Waals surface area contributed by atoms with Gasteiger partial charge in [0.15, 0.2) is 0 Å². The Morgan fingerprint density at radius 3 is 2.71 bits per heavy atom. The van der Waals surface area contributed by atoms with Crippen molar-refractivity contribution < 1.29 is 9.84 Å². The van der Waals surface area contributed by atoms with Crippen LogP contribution in [0, 0.1) is 0 Å². The number of phenolic OH excluding ortho intramolecular Hbond substituents is 1. The van der Waals surface area contributed by atoms with Crippen LogP contribution in [-0.4, -0.2) is 24.4 Å². The summed E-state index contributed by atoms with van der Waals surface area (Å²) in [6.07, 6.45) is 1.99. The molecule has 3 nitrogen and oxygen atoms in total. The van der Waals surface area contributed by atoms with Gasteiger partial charge in [0.05, 0.1) is 5.02 Å². The molecule has 1 aromatic rings. The van der Waals surface area contributed by atoms with Crippen LogP contribution in [-0.2, 0) is 11.3 Å². The Hall–Kier alpha value is -0.480. The zero-order valence-electron chi connectivity index (χ0n) is 9.38. The van der Waals surface area contributed by atoms with E-state index in [9.17, 15) is 5.11 Å². The summed E-state index contributed by atoms with van der Waals surface area (Å²) in [6, 6.07) is 3.70. The van der Waals surface area contributed by atoms with Gasteiger partial charge in [-0.2, -0.15) is 0 Å². The van der Waals surface area contributed by atoms with Crippen molar-refractivity contribution in [3.8, 4) is 5.75 Å². The molecule has 0 aromatic heterocycles. The fraction of sp³-hybridized carbons (Fsp3) is 0.500. The molecule has 1 aromatic carbocycles. The number of rotatable bonds is 3. The highest BCUT2D eigenvalue weighted by Gasteiger charge is 2.14. The van der Waals surface area contributed by atoms with Gasteiger partial charge < -0.3 is 15.2 Å². The summed E-state index contributed by atoms with van der Waals surface area (Å²) in [7, 11) is 0. The topological polar surface area (TPSA) is 41.5 Å². The average Bonchev–Trinajstić information content (AvgIpc) is 2.33. The number of halogens is 2. The van der Waals surface area contributed by atoms with Gasteiger partial charge in [-0.1, -0.05) is 23.2 Å². The largest absolute Gasteiger partial charge is 0.506 e. The number of hydrogen-bond donors (Lipinski definition) is 2. The minimum absolute atomic E-state index is 0.107. The van der Waals surface area contributed by atoms with E-state index in [0.717, 1.165) is 31.6 Å². The lowest BCUT2D eigenvalue weighted by Crippen LogP contribution is -2.34. The first-order chi connectivity index (χ1) is 8.16. The maximum Gasteiger partial charge on any atom is 0.138 e. The maximum atomic E-state index is 9.80. The zero-order chi connectivity index (χ0) is 12.3. The molecule has 1 saturated heterocycles. The number of nitrogens with one attached hydrogen (secondary N) is 1. The minimum Gasteiger partial charge on any atom is -0.506 e. The summed E-state index contributed by atoms with van der Waals surface area (Å²) in [6.45, 7) is 2.15. The van der Waals surface area contributed by atoms with Crippen molar-refractivity contribution in [1.82, 2.24) is 5.32 Å². The highest BCUT2D eigenvalue weighted by Crippen LogP contribution is 2.31. The predicted octanol–water partition coefficient (Wildman–Crippen LogP) is 2.97. The number of ether oxygens (including phenoxy) is 1. The molecule has 0 radical (unpaired) electrons. The Bertz CT molecular complexity index is 392. The van der Waals surface area contributed by atoms with Crippen molar-refractivity contribution in [2.24, 2.45) is 0 Å². The normalized spacial score (nSPS) is 17.3. The van der Waals surface area contributed by atoms with E-state index in [-0.39, 0.29) is 5.75 Å². The Morgan fingerprint density at radius 1 is 1.29 bits per heavy atom. The molecule has 0 spiro atoms. The second-order valence-corrected chi connectivity index (χ2v) is 5.01. The monoisotopic (exact) mass is 275 g/mol. The molecule has 5 heteroatoms. The van der Waals surface area contributed by atoms with Crippen LogP contribution in [0.4, 0.5) is 0 Å². The van der Waals surface area contributed by atoms with Gasteiger partial charge in [0.2, 0.25) is 0 Å². The van der Waals surface area contributed by atoms with E-state index in [1.165, 1.54) is 6.07 Å². The molecule has 1 heterocycles. The lowest BCUT2D eigenvalue weighted by Gasteiger charge is -2.23. The molecule has 17 heavy (non-hydrogen) atoms. The van der Waals surface area contributed by atoms with Crippen LogP contribution in [0.15, 0.2) is 12.1 Å². The molecule has 2 N–H and O–H groups in total. The molecule has 94 valence electrons. The fourth-order valence-corrected chi connectivity index (χ4v) is 2.45. The van der Waals surface area contributed by atoms with Crippen molar-refractivity contribution >= 4 is 23.2 Å². The van der Waals surface area contributed by atoms with E-state index in [1.54, 1.807) is 6.07 Å². The second kappa shape index (κ2) is 5.91. The van der Waals surface area contributed by atoms with Gasteiger partial charge in [0.1, 0.15) is 5.75 Å². The molecule has 0 atom stereocenters. The number of aromatic hydroxyl groups is 1. The number of phenols is 1. The summed E-state index contributed by atoms with van der Waals surface area (Å²) in [5, 5.41) is 14.0. The van der Waals surface area contributed by atoms with Crippen molar-refractivity contribution in [3.05, 3.63) is 27.7 Å². The third kappa shape index (κ3) is 3.49. The molecular formula is C12H15Cl2NO2. The van der Waals surface area contributed by atoms with E-state index >= 15 is 0 Å². The Morgan fingerprint density at radius 2 is 2.00 bits per heavy atom. The van der Waals surface area contributed by atoms with Crippen molar-refractivity contribution in [2.45, 2.75) is 25.4 Å². The number of benzene rings is 1. The van der Waals surface area contributed by atoms with Gasteiger partial charge in [0.25, 0.3) is 0 Å². The summed E-state index contributed by atoms with van der Waals surface area (Å²) in [5.74, 6) is 0.107. The van der Waals surface area contributed by atoms with E-state index in [4.69, 9.17) is 27.9 Å². The third-order valence-electron chi connectivity index (χ3n) is 2.91. The molecule has 0 unspecified atom stereocenters. The van der Waals surface area contributed by atoms with Gasteiger partial charge in [-0.15, -0.1) is 0 Å². The SMILES string of the molecule is Oc1c(Cl)cc(Cl)cc1CNC1CCOCC1. The summed E-state index contributed by atoms with van der Waals surface area (Å²) in [4.78, 5) is 0. The first kappa shape index (κ1) is 13.0. The highest BCUT2D eigenvalue weighted by atomic mass is 35.5. The second-order valence-electron chi connectivity index (χ2n) is 4.16. The molecule has 0 amide bonds. The van der Waals surface area contributed by atoms with Gasteiger partial charge in [0, 0.05) is 36.4 Å². The first-order valence-corrected chi connectivity index (χ1v) is 6.40. The predicted molar refractivity (Wildman–Crippen MR) is 68.8 cm³/mol. The molecule has 0 aliphatic carbocycles. The van der Waals surface area contributed by atoms with Gasteiger partial charge in [-0.3, -0.25) is 0 Å². The molecule has 1 aliphatic heterocycles. The molecular weight excluding hydrogens is 261 g/mol. The smallest absolute Gasteiger partial charge is 0.138 e. The lowest BCUT2D eigenvalue weighted by atomic mass is 10.1. The molecule has 2 rings (SSSR count). The van der Waals surface area contributed by atoms with E-state index < -0.39 is 0 Å². The van der Waals surface area contributed by atoms with Gasteiger partial charge in [-0.25, -0.2) is 0 Å². The van der Waals surface area contributed by atoms with Crippen LogP contribution in [0.5, 0.6) is 5.75 Å². The van der Waals surface area contributed by atoms with Crippen LogP contribution >= 0.6 is 23.2 Å². The molecule has 1 fully saturated rings. The third-order valence-corrected chi connectivity index (χ3v) is 3.42. The van der Waals surface area contributed by atoms with E-state index in [1.807, 2.05) is 0 Å². The van der Waals surface area contributed by atoms with E-state index in [2.05, 4.69) is 5.32 Å². The van der Waals surface area contributed by atoms with Crippen molar-refractivity contribution in [2.75, 3.05) is 13.2 Å². The fourth-order valence-electron chi connectivity index (χ4n) is 1.91. The minimum atomic E-state index is 0.107. The van der Waals surface area contributed by atoms with Crippen molar-refractivity contribution in [3.63, 3.8) is 0 Å². The molecule has 1 aliphatic rings. The highest BCUT2D eigenvalue weighted by molar-refractivity contribution is 6.35. The lowest BCUT2D eigenvalue weighted by molar-refractivity contribution is 0.0775. The Kier molecular flexibility index (Phi) is 4.51. The summed E-state index contributed by atoms with van der Waals surface area (Å²) < 4.78 is 5.28. The van der Waals surface area contributed by atoms with Crippen LogP contribution in [0.1, 0.15) is 18.4 Å². The quantitative estimate of drug-likeness (QED) is 0.891. The first-order valence-electron chi connectivity index (χ1n) is 5.65. The van der Waals surface area contributed by atoms with Crippen LogP contribution in [0.3, 0.4) is 0 Å². The summed E-state index contributed by atoms with van der Waals surface area (Å²) in [5.41, 5.74) is 0.731. The van der Waals surface area contributed by atoms with Crippen LogP contribution in [0.25, 0.3) is 0 Å². The van der Waals surface area contributed by atoms with Gasteiger partial charge in [-0.05, 0) is 25.0 Å². The standard InChI is InChI=1S/C12H15Cl2NO2/c13-9-5-8(12(16)11(14)6-9)7-15-10-1-3-17-4-2-10/h5-6,10,15-16H,1-4,7H2. The van der Waals surface area contributed by atoms with Crippen molar-refractivity contribution in [1.29, 1.82) is 0 Å². The molecule has 0 saturated carbocycles. The maximum absolute atomic E-state index is 9.80.